The Kier molecular flexibility index (Phi) is 4.76. The molecule has 1 aromatic rings. The van der Waals surface area contributed by atoms with Crippen LogP contribution in [0.2, 0.25) is 0 Å². The lowest BCUT2D eigenvalue weighted by Gasteiger charge is -2.44. The van der Waals surface area contributed by atoms with Gasteiger partial charge in [0, 0.05) is 12.1 Å². The second kappa shape index (κ2) is 6.37. The van der Waals surface area contributed by atoms with E-state index in [-0.39, 0.29) is 17.6 Å². The number of hydrogen-bond acceptors (Lipinski definition) is 4. The van der Waals surface area contributed by atoms with Crippen molar-refractivity contribution in [2.75, 3.05) is 23.4 Å². The normalized spacial score (nSPS) is 17.6. The molecule has 0 bridgehead atoms. The third kappa shape index (κ3) is 3.49. The molecule has 21 heavy (non-hydrogen) atoms. The number of carbonyl (C=O) groups is 1. The highest BCUT2D eigenvalue weighted by atomic mass is 16.5. The molecule has 1 aliphatic rings. The van der Waals surface area contributed by atoms with Crippen LogP contribution >= 0.6 is 0 Å². The Morgan fingerprint density at radius 3 is 2.76 bits per heavy atom. The monoisotopic (exact) mass is 290 g/mol. The van der Waals surface area contributed by atoms with E-state index in [1.54, 1.807) is 0 Å². The van der Waals surface area contributed by atoms with E-state index in [9.17, 15) is 4.79 Å². The minimum absolute atomic E-state index is 0.0766. The zero-order valence-electron chi connectivity index (χ0n) is 13.5. The summed E-state index contributed by atoms with van der Waals surface area (Å²) in [5.41, 5.74) is 2.08. The first-order valence-corrected chi connectivity index (χ1v) is 7.79. The van der Waals surface area contributed by atoms with E-state index in [1.165, 1.54) is 0 Å². The molecule has 1 atom stereocenters. The molecule has 0 aromatic heterocycles. The lowest BCUT2D eigenvalue weighted by atomic mass is 9.97. The standard InChI is InChI=1S/C17H26N2O2/c1-5-11-21-16(20)14(6-2)19-12-17(3,4)18-13-9-7-8-10-15(13)19/h7-10,14,18H,5-6,11-12H2,1-4H3. The van der Waals surface area contributed by atoms with Gasteiger partial charge in [-0.15, -0.1) is 0 Å². The van der Waals surface area contributed by atoms with Gasteiger partial charge in [-0.2, -0.15) is 0 Å². The summed E-state index contributed by atoms with van der Waals surface area (Å²) in [5, 5.41) is 3.53. The van der Waals surface area contributed by atoms with Crippen molar-refractivity contribution >= 4 is 17.3 Å². The van der Waals surface area contributed by atoms with Crippen molar-refractivity contribution < 1.29 is 9.53 Å². The van der Waals surface area contributed by atoms with Gasteiger partial charge in [-0.1, -0.05) is 26.0 Å². The van der Waals surface area contributed by atoms with Crippen LogP contribution in [0.25, 0.3) is 0 Å². The minimum atomic E-state index is -0.223. The maximum Gasteiger partial charge on any atom is 0.328 e. The van der Waals surface area contributed by atoms with Gasteiger partial charge >= 0.3 is 5.97 Å². The molecule has 4 heteroatoms. The molecule has 0 aliphatic carbocycles. The van der Waals surface area contributed by atoms with Gasteiger partial charge in [0.25, 0.3) is 0 Å². The fraction of sp³-hybridized carbons (Fsp3) is 0.588. The Hall–Kier alpha value is -1.71. The molecule has 0 spiro atoms. The van der Waals surface area contributed by atoms with Crippen LogP contribution in [0.15, 0.2) is 24.3 Å². The van der Waals surface area contributed by atoms with Gasteiger partial charge in [-0.3, -0.25) is 0 Å². The molecule has 1 N–H and O–H groups in total. The van der Waals surface area contributed by atoms with Crippen LogP contribution in [0.1, 0.15) is 40.5 Å². The highest BCUT2D eigenvalue weighted by molar-refractivity contribution is 5.84. The molecule has 1 aromatic carbocycles. The van der Waals surface area contributed by atoms with Gasteiger partial charge in [-0.25, -0.2) is 4.79 Å². The number of ether oxygens (including phenoxy) is 1. The zero-order valence-corrected chi connectivity index (χ0v) is 13.5. The Bertz CT molecular complexity index is 499. The Balaban J connectivity index is 2.30. The number of para-hydroxylation sites is 2. The fourth-order valence-corrected chi connectivity index (χ4v) is 2.84. The summed E-state index contributed by atoms with van der Waals surface area (Å²) in [6.07, 6.45) is 1.60. The van der Waals surface area contributed by atoms with E-state index in [4.69, 9.17) is 4.74 Å². The molecule has 0 saturated carbocycles. The van der Waals surface area contributed by atoms with Gasteiger partial charge in [0.05, 0.1) is 18.0 Å². The van der Waals surface area contributed by atoms with Crippen LogP contribution in [-0.2, 0) is 9.53 Å². The summed E-state index contributed by atoms with van der Waals surface area (Å²) >= 11 is 0. The molecule has 116 valence electrons. The molecule has 1 unspecified atom stereocenters. The van der Waals surface area contributed by atoms with Crippen molar-refractivity contribution in [3.8, 4) is 0 Å². The van der Waals surface area contributed by atoms with Crippen molar-refractivity contribution in [2.24, 2.45) is 0 Å². The number of esters is 1. The summed E-state index contributed by atoms with van der Waals surface area (Å²) in [6, 6.07) is 7.93. The van der Waals surface area contributed by atoms with Crippen molar-refractivity contribution in [3.63, 3.8) is 0 Å². The first-order valence-electron chi connectivity index (χ1n) is 7.79. The van der Waals surface area contributed by atoms with Crippen molar-refractivity contribution in [2.45, 2.75) is 52.1 Å². The molecule has 0 fully saturated rings. The third-order valence-corrected chi connectivity index (χ3v) is 3.74. The van der Waals surface area contributed by atoms with Gasteiger partial charge in [0.15, 0.2) is 0 Å². The molecule has 0 radical (unpaired) electrons. The number of benzene rings is 1. The lowest BCUT2D eigenvalue weighted by Crippen LogP contribution is -2.54. The van der Waals surface area contributed by atoms with E-state index in [0.29, 0.717) is 6.61 Å². The molecule has 2 rings (SSSR count). The van der Waals surface area contributed by atoms with E-state index in [2.05, 4.69) is 36.2 Å². The Labute approximate surface area is 127 Å². The molecule has 1 heterocycles. The summed E-state index contributed by atoms with van der Waals surface area (Å²) in [4.78, 5) is 14.6. The Morgan fingerprint density at radius 2 is 2.10 bits per heavy atom. The number of nitrogens with zero attached hydrogens (tertiary/aromatic N) is 1. The van der Waals surface area contributed by atoms with Crippen LogP contribution in [-0.4, -0.2) is 30.7 Å². The first kappa shape index (κ1) is 15.7. The maximum absolute atomic E-state index is 12.4. The highest BCUT2D eigenvalue weighted by Gasteiger charge is 2.35. The summed E-state index contributed by atoms with van der Waals surface area (Å²) in [6.45, 7) is 9.63. The molecule has 1 aliphatic heterocycles. The highest BCUT2D eigenvalue weighted by Crippen LogP contribution is 2.36. The van der Waals surface area contributed by atoms with Crippen LogP contribution in [0.3, 0.4) is 0 Å². The first-order chi connectivity index (χ1) is 9.98. The predicted molar refractivity (Wildman–Crippen MR) is 86.8 cm³/mol. The van der Waals surface area contributed by atoms with Crippen molar-refractivity contribution in [1.29, 1.82) is 0 Å². The maximum atomic E-state index is 12.4. The minimum Gasteiger partial charge on any atom is -0.464 e. The second-order valence-electron chi connectivity index (χ2n) is 6.25. The number of carbonyl (C=O) groups excluding carboxylic acids is 1. The van der Waals surface area contributed by atoms with Crippen molar-refractivity contribution in [1.82, 2.24) is 0 Å². The lowest BCUT2D eigenvalue weighted by molar-refractivity contribution is -0.145. The SMILES string of the molecule is CCCOC(=O)C(CC)N1CC(C)(C)Nc2ccccc21. The van der Waals surface area contributed by atoms with Gasteiger partial charge in [0.1, 0.15) is 6.04 Å². The average Bonchev–Trinajstić information content (AvgIpc) is 2.44. The molecular weight excluding hydrogens is 264 g/mol. The van der Waals surface area contributed by atoms with Gasteiger partial charge in [0.2, 0.25) is 0 Å². The number of anilines is 2. The second-order valence-corrected chi connectivity index (χ2v) is 6.25. The topological polar surface area (TPSA) is 41.6 Å². The fourth-order valence-electron chi connectivity index (χ4n) is 2.84. The third-order valence-electron chi connectivity index (χ3n) is 3.74. The smallest absolute Gasteiger partial charge is 0.328 e. The van der Waals surface area contributed by atoms with Gasteiger partial charge in [-0.05, 0) is 38.8 Å². The molecular formula is C17H26N2O2. The van der Waals surface area contributed by atoms with Gasteiger partial charge < -0.3 is 15.0 Å². The van der Waals surface area contributed by atoms with Crippen LogP contribution in [0, 0.1) is 0 Å². The summed E-state index contributed by atoms with van der Waals surface area (Å²) < 4.78 is 5.38. The number of hydrogen-bond donors (Lipinski definition) is 1. The van der Waals surface area contributed by atoms with Crippen LogP contribution in [0.4, 0.5) is 11.4 Å². The van der Waals surface area contributed by atoms with E-state index < -0.39 is 0 Å². The van der Waals surface area contributed by atoms with Crippen LogP contribution in [0.5, 0.6) is 0 Å². The van der Waals surface area contributed by atoms with Crippen molar-refractivity contribution in [3.05, 3.63) is 24.3 Å². The number of nitrogens with one attached hydrogen (secondary N) is 1. The zero-order chi connectivity index (χ0) is 15.5. The molecule has 0 amide bonds. The largest absolute Gasteiger partial charge is 0.464 e. The summed E-state index contributed by atoms with van der Waals surface area (Å²) in [5.74, 6) is -0.119. The molecule has 4 nitrogen and oxygen atoms in total. The predicted octanol–water partition coefficient (Wildman–Crippen LogP) is 3.43. The van der Waals surface area contributed by atoms with E-state index in [0.717, 1.165) is 30.8 Å². The quantitative estimate of drug-likeness (QED) is 0.844. The van der Waals surface area contributed by atoms with Crippen LogP contribution < -0.4 is 10.2 Å². The molecule has 0 saturated heterocycles. The number of fused-ring (bicyclic) bond motifs is 1. The van der Waals surface area contributed by atoms with E-state index in [1.807, 2.05) is 26.0 Å². The number of rotatable bonds is 5. The Morgan fingerprint density at radius 1 is 1.38 bits per heavy atom. The average molecular weight is 290 g/mol. The summed E-state index contributed by atoms with van der Waals surface area (Å²) in [7, 11) is 0. The van der Waals surface area contributed by atoms with E-state index >= 15 is 0 Å².